The fourth-order valence-corrected chi connectivity index (χ4v) is 4.12. The van der Waals surface area contributed by atoms with Crippen LogP contribution in [-0.4, -0.2) is 17.3 Å². The lowest BCUT2D eigenvalue weighted by Crippen LogP contribution is -2.38. The van der Waals surface area contributed by atoms with Gasteiger partial charge in [-0.25, -0.2) is 0 Å². The highest BCUT2D eigenvalue weighted by Crippen LogP contribution is 2.43. The molecule has 0 aromatic heterocycles. The van der Waals surface area contributed by atoms with E-state index in [1.54, 1.807) is 24.3 Å². The number of rotatable bonds is 3. The standard InChI is InChI=1S/C24H21NO3/c1-4-18-19(14(3)26)20(15-11-9-13(2)10-12-15)21-22(25-18)24(28)17-8-6-5-7-16(17)23(21)27/h5-12,20,25H,4H2,1-3H3. The molecule has 28 heavy (non-hydrogen) atoms. The van der Waals surface area contributed by atoms with Crippen molar-refractivity contribution >= 4 is 17.3 Å². The zero-order chi connectivity index (χ0) is 20.0. The molecule has 4 rings (SSSR count). The van der Waals surface area contributed by atoms with Gasteiger partial charge in [-0.05, 0) is 25.8 Å². The Kier molecular flexibility index (Phi) is 4.34. The highest BCUT2D eigenvalue weighted by Gasteiger charge is 2.42. The van der Waals surface area contributed by atoms with Gasteiger partial charge < -0.3 is 5.32 Å². The number of fused-ring (bicyclic) bond motifs is 1. The van der Waals surface area contributed by atoms with Crippen molar-refractivity contribution in [3.63, 3.8) is 0 Å². The molecule has 2 aromatic rings. The van der Waals surface area contributed by atoms with E-state index in [1.165, 1.54) is 6.92 Å². The molecule has 140 valence electrons. The Balaban J connectivity index is 2.00. The lowest BCUT2D eigenvalue weighted by Gasteiger charge is -2.34. The van der Waals surface area contributed by atoms with E-state index in [4.69, 9.17) is 0 Å². The number of allylic oxidation sites excluding steroid dienone is 4. The van der Waals surface area contributed by atoms with E-state index in [0.29, 0.717) is 40.1 Å². The molecule has 4 nitrogen and oxygen atoms in total. The molecule has 1 unspecified atom stereocenters. The molecule has 4 heteroatoms. The minimum atomic E-state index is -0.547. The maximum absolute atomic E-state index is 13.4. The quantitative estimate of drug-likeness (QED) is 0.875. The van der Waals surface area contributed by atoms with E-state index in [9.17, 15) is 14.4 Å². The summed E-state index contributed by atoms with van der Waals surface area (Å²) in [5.74, 6) is -1.04. The third-order valence-electron chi connectivity index (χ3n) is 5.48. The van der Waals surface area contributed by atoms with Crippen LogP contribution in [0.25, 0.3) is 0 Å². The van der Waals surface area contributed by atoms with E-state index >= 15 is 0 Å². The molecule has 1 aliphatic heterocycles. The van der Waals surface area contributed by atoms with Crippen LogP contribution in [-0.2, 0) is 4.79 Å². The second-order valence-corrected chi connectivity index (χ2v) is 7.26. The van der Waals surface area contributed by atoms with Crippen LogP contribution in [0.2, 0.25) is 0 Å². The largest absolute Gasteiger partial charge is 0.355 e. The molecule has 0 bridgehead atoms. The monoisotopic (exact) mass is 371 g/mol. The Hall–Kier alpha value is -3.27. The molecule has 0 amide bonds. The van der Waals surface area contributed by atoms with Gasteiger partial charge >= 0.3 is 0 Å². The molecule has 2 aromatic carbocycles. The maximum atomic E-state index is 13.4. The Labute approximate surface area is 164 Å². The van der Waals surface area contributed by atoms with Gasteiger partial charge in [-0.3, -0.25) is 14.4 Å². The highest BCUT2D eigenvalue weighted by atomic mass is 16.1. The summed E-state index contributed by atoms with van der Waals surface area (Å²) in [5.41, 5.74) is 4.67. The van der Waals surface area contributed by atoms with Crippen LogP contribution in [0.15, 0.2) is 71.1 Å². The fourth-order valence-electron chi connectivity index (χ4n) is 4.12. The van der Waals surface area contributed by atoms with Gasteiger partial charge in [0.2, 0.25) is 5.78 Å². The van der Waals surface area contributed by atoms with Crippen molar-refractivity contribution in [2.45, 2.75) is 33.1 Å². The van der Waals surface area contributed by atoms with E-state index in [2.05, 4.69) is 5.32 Å². The number of hydrogen-bond donors (Lipinski definition) is 1. The molecular weight excluding hydrogens is 350 g/mol. The third-order valence-corrected chi connectivity index (χ3v) is 5.48. The van der Waals surface area contributed by atoms with Crippen LogP contribution < -0.4 is 5.32 Å². The number of nitrogens with one attached hydrogen (secondary N) is 1. The Bertz CT molecular complexity index is 1090. The SMILES string of the molecule is CCC1=C(C(C)=O)C(c2ccc(C)cc2)C2=C(N1)C(=O)c1ccccc1C2=O. The Morgan fingerprint density at radius 3 is 2.14 bits per heavy atom. The molecule has 1 heterocycles. The van der Waals surface area contributed by atoms with Gasteiger partial charge in [-0.1, -0.05) is 61.0 Å². The van der Waals surface area contributed by atoms with Crippen molar-refractivity contribution in [2.24, 2.45) is 0 Å². The number of Topliss-reactive ketones (excluding diaryl/α,β-unsaturated/α-hetero) is 3. The molecule has 1 aliphatic carbocycles. The Morgan fingerprint density at radius 1 is 0.964 bits per heavy atom. The van der Waals surface area contributed by atoms with Crippen LogP contribution in [0, 0.1) is 6.92 Å². The first-order valence-electron chi connectivity index (χ1n) is 9.44. The lowest BCUT2D eigenvalue weighted by atomic mass is 9.72. The zero-order valence-electron chi connectivity index (χ0n) is 16.1. The Morgan fingerprint density at radius 2 is 1.57 bits per heavy atom. The van der Waals surface area contributed by atoms with Gasteiger partial charge in [0.15, 0.2) is 11.6 Å². The van der Waals surface area contributed by atoms with Gasteiger partial charge in [0.05, 0.1) is 5.70 Å². The zero-order valence-corrected chi connectivity index (χ0v) is 16.1. The summed E-state index contributed by atoms with van der Waals surface area (Å²) >= 11 is 0. The number of carbonyl (C=O) groups is 3. The van der Waals surface area contributed by atoms with Crippen molar-refractivity contribution in [2.75, 3.05) is 0 Å². The number of ketones is 3. The number of carbonyl (C=O) groups excluding carboxylic acids is 3. The first kappa shape index (κ1) is 18.1. The predicted octanol–water partition coefficient (Wildman–Crippen LogP) is 4.27. The molecule has 1 atom stereocenters. The van der Waals surface area contributed by atoms with Gasteiger partial charge in [0, 0.05) is 33.9 Å². The second-order valence-electron chi connectivity index (χ2n) is 7.26. The minimum Gasteiger partial charge on any atom is -0.355 e. The van der Waals surface area contributed by atoms with Crippen molar-refractivity contribution in [3.05, 3.63) is 93.3 Å². The van der Waals surface area contributed by atoms with E-state index in [1.807, 2.05) is 38.1 Å². The summed E-state index contributed by atoms with van der Waals surface area (Å²) in [6, 6.07) is 14.7. The van der Waals surface area contributed by atoms with Gasteiger partial charge in [-0.15, -0.1) is 0 Å². The van der Waals surface area contributed by atoms with Crippen LogP contribution in [0.4, 0.5) is 0 Å². The van der Waals surface area contributed by atoms with Crippen molar-refractivity contribution in [1.29, 1.82) is 0 Å². The van der Waals surface area contributed by atoms with Crippen molar-refractivity contribution < 1.29 is 14.4 Å². The average Bonchev–Trinajstić information content (AvgIpc) is 2.71. The predicted molar refractivity (Wildman–Crippen MR) is 107 cm³/mol. The molecular formula is C24H21NO3. The van der Waals surface area contributed by atoms with Crippen LogP contribution in [0.3, 0.4) is 0 Å². The van der Waals surface area contributed by atoms with Crippen molar-refractivity contribution in [3.8, 4) is 0 Å². The van der Waals surface area contributed by atoms with Gasteiger partial charge in [0.1, 0.15) is 0 Å². The summed E-state index contributed by atoms with van der Waals surface area (Å²) in [4.78, 5) is 39.2. The number of aryl methyl sites for hydroxylation is 1. The molecule has 0 fully saturated rings. The van der Waals surface area contributed by atoms with Gasteiger partial charge in [0.25, 0.3) is 0 Å². The van der Waals surface area contributed by atoms with Crippen LogP contribution in [0.5, 0.6) is 0 Å². The minimum absolute atomic E-state index is 0.0967. The van der Waals surface area contributed by atoms with Crippen molar-refractivity contribution in [1.82, 2.24) is 5.32 Å². The first-order valence-corrected chi connectivity index (χ1v) is 9.44. The smallest absolute Gasteiger partial charge is 0.210 e. The first-order chi connectivity index (χ1) is 13.4. The molecule has 2 aliphatic rings. The molecule has 0 radical (unpaired) electrons. The summed E-state index contributed by atoms with van der Waals surface area (Å²) in [6.45, 7) is 5.44. The normalized spacial score (nSPS) is 18.6. The molecule has 0 saturated heterocycles. The summed E-state index contributed by atoms with van der Waals surface area (Å²) in [6.07, 6.45) is 0.567. The van der Waals surface area contributed by atoms with E-state index < -0.39 is 5.92 Å². The summed E-state index contributed by atoms with van der Waals surface area (Å²) < 4.78 is 0. The van der Waals surface area contributed by atoms with E-state index in [-0.39, 0.29) is 17.3 Å². The third kappa shape index (κ3) is 2.64. The van der Waals surface area contributed by atoms with Crippen LogP contribution >= 0.6 is 0 Å². The fraction of sp³-hybridized carbons (Fsp3) is 0.208. The summed E-state index contributed by atoms with van der Waals surface area (Å²) in [5, 5.41) is 3.14. The highest BCUT2D eigenvalue weighted by molar-refractivity contribution is 6.28. The topological polar surface area (TPSA) is 63.2 Å². The maximum Gasteiger partial charge on any atom is 0.210 e. The average molecular weight is 371 g/mol. The second kappa shape index (κ2) is 6.71. The van der Waals surface area contributed by atoms with E-state index in [0.717, 1.165) is 11.1 Å². The summed E-state index contributed by atoms with van der Waals surface area (Å²) in [7, 11) is 0. The molecule has 0 spiro atoms. The van der Waals surface area contributed by atoms with Crippen LogP contribution in [0.1, 0.15) is 58.0 Å². The number of dihydropyridines is 1. The molecule has 0 saturated carbocycles. The lowest BCUT2D eigenvalue weighted by molar-refractivity contribution is -0.113. The number of hydrogen-bond acceptors (Lipinski definition) is 4. The molecule has 1 N–H and O–H groups in total. The number of benzene rings is 2. The van der Waals surface area contributed by atoms with Gasteiger partial charge in [-0.2, -0.15) is 0 Å².